The average molecular weight is 609 g/mol. The molecule has 0 unspecified atom stereocenters. The molecule has 44 heavy (non-hydrogen) atoms. The van der Waals surface area contributed by atoms with Crippen LogP contribution in [0.5, 0.6) is 17.2 Å². The van der Waals surface area contributed by atoms with Crippen LogP contribution >= 0.6 is 0 Å². The Bertz CT molecular complexity index is 1500. The van der Waals surface area contributed by atoms with E-state index < -0.39 is 18.2 Å². The number of benzene rings is 2. The first-order valence-electron chi connectivity index (χ1n) is 15.0. The second-order valence-electron chi connectivity index (χ2n) is 11.9. The highest BCUT2D eigenvalue weighted by atomic mass is 16.6. The molecular formula is C33H40N2O9. The lowest BCUT2D eigenvalue weighted by atomic mass is 9.64. The number of aromatic amines is 1. The molecule has 2 N–H and O–H groups in total. The van der Waals surface area contributed by atoms with Gasteiger partial charge in [0.25, 0.3) is 6.47 Å². The predicted octanol–water partition coefficient (Wildman–Crippen LogP) is 3.65. The van der Waals surface area contributed by atoms with Gasteiger partial charge in [-0.1, -0.05) is 12.1 Å². The summed E-state index contributed by atoms with van der Waals surface area (Å²) in [6.07, 6.45) is 1.40. The lowest BCUT2D eigenvalue weighted by Gasteiger charge is -2.53. The number of rotatable bonds is 10. The third-order valence-electron chi connectivity index (χ3n) is 9.84. The van der Waals surface area contributed by atoms with E-state index in [0.717, 1.165) is 37.0 Å². The summed E-state index contributed by atoms with van der Waals surface area (Å²) in [4.78, 5) is 31.1. The first-order valence-corrected chi connectivity index (χ1v) is 15.0. The second-order valence-corrected chi connectivity index (χ2v) is 11.9. The minimum atomic E-state index is -0.546. The monoisotopic (exact) mass is 608 g/mol. The number of esters is 1. The maximum absolute atomic E-state index is 13.5. The van der Waals surface area contributed by atoms with E-state index in [9.17, 15) is 14.7 Å². The highest BCUT2D eigenvalue weighted by Gasteiger charge is 2.52. The topological polar surface area (TPSA) is 129 Å². The highest BCUT2D eigenvalue weighted by Crippen LogP contribution is 2.50. The number of hydrogen-bond acceptors (Lipinski definition) is 10. The Kier molecular flexibility index (Phi) is 8.70. The number of aliphatic hydroxyl groups excluding tert-OH is 1. The zero-order valence-corrected chi connectivity index (χ0v) is 25.5. The van der Waals surface area contributed by atoms with E-state index in [-0.39, 0.29) is 42.6 Å². The fourth-order valence-electron chi connectivity index (χ4n) is 7.88. The molecule has 0 spiro atoms. The molecule has 2 aliphatic heterocycles. The van der Waals surface area contributed by atoms with E-state index in [1.165, 1.54) is 38.0 Å². The van der Waals surface area contributed by atoms with Gasteiger partial charge in [-0.05, 0) is 60.4 Å². The molecule has 0 radical (unpaired) electrons. The molecule has 3 aliphatic rings. The Morgan fingerprint density at radius 2 is 1.84 bits per heavy atom. The van der Waals surface area contributed by atoms with Gasteiger partial charge in [-0.3, -0.25) is 9.69 Å². The van der Waals surface area contributed by atoms with Crippen molar-refractivity contribution in [2.24, 2.45) is 17.8 Å². The number of carbonyl (C=O) groups is 2. The normalized spacial score (nSPS) is 26.2. The van der Waals surface area contributed by atoms with Gasteiger partial charge in [0.2, 0.25) is 5.75 Å². The largest absolute Gasteiger partial charge is 0.493 e. The molecule has 236 valence electrons. The fourth-order valence-corrected chi connectivity index (χ4v) is 7.88. The predicted molar refractivity (Wildman–Crippen MR) is 160 cm³/mol. The average Bonchev–Trinajstić information content (AvgIpc) is 3.43. The number of methoxy groups -OCH3 is 4. The molecule has 11 heteroatoms. The van der Waals surface area contributed by atoms with Crippen molar-refractivity contribution in [1.29, 1.82) is 0 Å². The smallest absolute Gasteiger partial charge is 0.338 e. The summed E-state index contributed by atoms with van der Waals surface area (Å²) >= 11 is 0. The van der Waals surface area contributed by atoms with Gasteiger partial charge < -0.3 is 38.5 Å². The van der Waals surface area contributed by atoms with E-state index in [1.807, 2.05) is 12.1 Å². The van der Waals surface area contributed by atoms with Crippen LogP contribution in [0.2, 0.25) is 0 Å². The van der Waals surface area contributed by atoms with Gasteiger partial charge in [-0.2, -0.15) is 0 Å². The third kappa shape index (κ3) is 5.27. The maximum Gasteiger partial charge on any atom is 0.338 e. The van der Waals surface area contributed by atoms with E-state index >= 15 is 0 Å². The van der Waals surface area contributed by atoms with Crippen LogP contribution in [0.15, 0.2) is 30.3 Å². The number of fused-ring (bicyclic) bond motifs is 6. The Morgan fingerprint density at radius 1 is 1.07 bits per heavy atom. The summed E-state index contributed by atoms with van der Waals surface area (Å²) in [5, 5.41) is 10.9. The summed E-state index contributed by atoms with van der Waals surface area (Å²) in [6, 6.07) is 9.44. The van der Waals surface area contributed by atoms with Crippen LogP contribution in [-0.2, 0) is 32.0 Å². The second kappa shape index (κ2) is 12.7. The maximum atomic E-state index is 13.5. The van der Waals surface area contributed by atoms with E-state index in [1.54, 1.807) is 19.2 Å². The Balaban J connectivity index is 1.28. The molecule has 1 aromatic heterocycles. The number of nitrogens with one attached hydrogen (secondary N) is 1. The van der Waals surface area contributed by atoms with Gasteiger partial charge in [0.1, 0.15) is 12.2 Å². The first-order chi connectivity index (χ1) is 21.4. The van der Waals surface area contributed by atoms with Crippen LogP contribution in [0.1, 0.15) is 46.1 Å². The molecule has 2 aromatic carbocycles. The number of ether oxygens (including phenoxy) is 6. The van der Waals surface area contributed by atoms with Crippen LogP contribution < -0.4 is 14.2 Å². The zero-order chi connectivity index (χ0) is 31.0. The molecular weight excluding hydrogens is 568 g/mol. The minimum absolute atomic E-state index is 0.00104. The standard InChI is InChI=1S/C33H40N2O9/c1-39-27-10-19(11-28(40-2)32(27)42-4)33(38)44-29-12-20-14-35-8-7-22-21-6-5-18(15-36)9-25(21)34-30(22)26(35)13-23(20)24(16-43-17-37)31(29)41-3/h5-6,9-11,17,20,23-24,26,29,31,34,36H,7-8,12-16H2,1-4H3/t20-,23+,24+,26-,29-,31-/m1/s1. The number of carbonyl (C=O) groups excluding carboxylic acids is 2. The summed E-state index contributed by atoms with van der Waals surface area (Å²) < 4.78 is 33.8. The van der Waals surface area contributed by atoms with Crippen molar-refractivity contribution in [3.8, 4) is 17.2 Å². The van der Waals surface area contributed by atoms with Crippen LogP contribution in [0.4, 0.5) is 0 Å². The highest BCUT2D eigenvalue weighted by molar-refractivity contribution is 5.91. The molecule has 6 rings (SSSR count). The van der Waals surface area contributed by atoms with Crippen molar-refractivity contribution in [3.05, 3.63) is 52.7 Å². The number of nitrogens with zero attached hydrogens (tertiary/aromatic N) is 1. The zero-order valence-electron chi connectivity index (χ0n) is 25.5. The minimum Gasteiger partial charge on any atom is -0.493 e. The van der Waals surface area contributed by atoms with E-state index in [2.05, 4.69) is 16.0 Å². The van der Waals surface area contributed by atoms with Crippen molar-refractivity contribution in [1.82, 2.24) is 9.88 Å². The van der Waals surface area contributed by atoms with Gasteiger partial charge in [-0.25, -0.2) is 4.79 Å². The lowest BCUT2D eigenvalue weighted by Crippen LogP contribution is -2.57. The fraction of sp³-hybridized carbons (Fsp3) is 0.515. The Labute approximate surface area is 256 Å². The number of H-pyrrole nitrogens is 1. The van der Waals surface area contributed by atoms with Crippen LogP contribution in [0.25, 0.3) is 10.9 Å². The van der Waals surface area contributed by atoms with Gasteiger partial charge in [0, 0.05) is 42.7 Å². The molecule has 1 aliphatic carbocycles. The van der Waals surface area contributed by atoms with E-state index in [4.69, 9.17) is 28.4 Å². The van der Waals surface area contributed by atoms with Crippen LogP contribution in [0.3, 0.4) is 0 Å². The molecule has 1 saturated heterocycles. The van der Waals surface area contributed by atoms with Crippen molar-refractivity contribution in [3.63, 3.8) is 0 Å². The number of aliphatic hydroxyl groups is 1. The molecule has 3 heterocycles. The summed E-state index contributed by atoms with van der Waals surface area (Å²) in [5.74, 6) is 0.801. The lowest BCUT2D eigenvalue weighted by molar-refractivity contribution is -0.157. The Morgan fingerprint density at radius 3 is 2.50 bits per heavy atom. The third-order valence-corrected chi connectivity index (χ3v) is 9.84. The van der Waals surface area contributed by atoms with Gasteiger partial charge >= 0.3 is 5.97 Å². The molecule has 0 amide bonds. The van der Waals surface area contributed by atoms with Crippen molar-refractivity contribution in [2.75, 3.05) is 48.1 Å². The summed E-state index contributed by atoms with van der Waals surface area (Å²) in [6.45, 7) is 2.40. The molecule has 1 saturated carbocycles. The molecule has 11 nitrogen and oxygen atoms in total. The summed E-state index contributed by atoms with van der Waals surface area (Å²) in [5.41, 5.74) is 4.75. The van der Waals surface area contributed by atoms with Crippen LogP contribution in [0, 0.1) is 17.8 Å². The SMILES string of the molecule is COc1cc(C(=O)O[C@@H]2C[C@@H]3CN4CCc5c([nH]c6cc(CO)ccc56)[C@H]4C[C@@H]3[C@H](COC=O)[C@H]2OC)cc(OC)c1OC. The van der Waals surface area contributed by atoms with Crippen molar-refractivity contribution < 1.29 is 43.1 Å². The number of aromatic nitrogens is 1. The molecule has 3 aromatic rings. The van der Waals surface area contributed by atoms with Gasteiger partial charge in [-0.15, -0.1) is 0 Å². The Hall–Kier alpha value is -3.80. The van der Waals surface area contributed by atoms with Crippen molar-refractivity contribution in [2.45, 2.75) is 44.1 Å². The first kappa shape index (κ1) is 30.2. The summed E-state index contributed by atoms with van der Waals surface area (Å²) in [7, 11) is 6.11. The van der Waals surface area contributed by atoms with Gasteiger partial charge in [0.05, 0.1) is 46.1 Å². The quantitative estimate of drug-likeness (QED) is 0.260. The number of piperidine rings is 1. The van der Waals surface area contributed by atoms with E-state index in [0.29, 0.717) is 30.1 Å². The van der Waals surface area contributed by atoms with Crippen molar-refractivity contribution >= 4 is 23.3 Å². The molecule has 0 bridgehead atoms. The molecule has 2 fully saturated rings. The van der Waals surface area contributed by atoms with Crippen LogP contribution in [-0.4, -0.2) is 87.8 Å². The number of hydrogen-bond donors (Lipinski definition) is 2. The van der Waals surface area contributed by atoms with Gasteiger partial charge in [0.15, 0.2) is 11.5 Å². The molecule has 6 atom stereocenters.